The monoisotopic (exact) mass is 187 g/mol. The van der Waals surface area contributed by atoms with Gasteiger partial charge in [0, 0.05) is 18.5 Å². The molecule has 68 valence electrons. The minimum absolute atomic E-state index is 0.239. The van der Waals surface area contributed by atoms with E-state index in [4.69, 9.17) is 11.6 Å². The van der Waals surface area contributed by atoms with Gasteiger partial charge in [-0.1, -0.05) is 0 Å². The smallest absolute Gasteiger partial charge is 0.231 e. The van der Waals surface area contributed by atoms with Crippen LogP contribution in [0.5, 0.6) is 0 Å². The molecular weight excluding hydrogens is 174 g/mol. The predicted molar refractivity (Wildman–Crippen MR) is 48.2 cm³/mol. The molecule has 0 aromatic carbocycles. The van der Waals surface area contributed by atoms with E-state index >= 15 is 0 Å². The molecule has 1 saturated heterocycles. The number of carbonyl (C=O) groups is 1. The molecule has 0 bridgehead atoms. The number of rotatable bonds is 2. The zero-order valence-electron chi connectivity index (χ0n) is 7.35. The summed E-state index contributed by atoms with van der Waals surface area (Å²) in [5.74, 6) is 0.733. The Labute approximate surface area is 77.9 Å². The SMILES string of the molecule is CC1(CCl)CN(C2CCC2)C1=O. The van der Waals surface area contributed by atoms with Crippen molar-refractivity contribution in [1.29, 1.82) is 0 Å². The fourth-order valence-corrected chi connectivity index (χ4v) is 2.06. The minimum atomic E-state index is -0.239. The molecule has 12 heavy (non-hydrogen) atoms. The molecule has 1 amide bonds. The number of amides is 1. The maximum absolute atomic E-state index is 11.6. The highest BCUT2D eigenvalue weighted by Crippen LogP contribution is 2.39. The average molecular weight is 188 g/mol. The Morgan fingerprint density at radius 1 is 1.67 bits per heavy atom. The molecule has 1 aliphatic carbocycles. The van der Waals surface area contributed by atoms with Crippen LogP contribution in [-0.4, -0.2) is 29.3 Å². The van der Waals surface area contributed by atoms with Crippen LogP contribution in [0.15, 0.2) is 0 Å². The summed E-state index contributed by atoms with van der Waals surface area (Å²) in [6.45, 7) is 2.83. The number of likely N-dealkylation sites (tertiary alicyclic amines) is 1. The van der Waals surface area contributed by atoms with Crippen molar-refractivity contribution in [2.24, 2.45) is 5.41 Å². The van der Waals surface area contributed by atoms with Gasteiger partial charge in [0.1, 0.15) is 0 Å². The van der Waals surface area contributed by atoms with Gasteiger partial charge in [0.15, 0.2) is 0 Å². The molecule has 3 heteroatoms. The first-order valence-corrected chi connectivity index (χ1v) is 5.08. The van der Waals surface area contributed by atoms with E-state index in [-0.39, 0.29) is 11.3 Å². The number of nitrogens with zero attached hydrogens (tertiary/aromatic N) is 1. The summed E-state index contributed by atoms with van der Waals surface area (Å²) >= 11 is 5.72. The third kappa shape index (κ3) is 0.972. The maximum atomic E-state index is 11.6. The first-order chi connectivity index (χ1) is 5.67. The molecular formula is C9H14ClNO. The Morgan fingerprint density at radius 3 is 2.67 bits per heavy atom. The van der Waals surface area contributed by atoms with Crippen LogP contribution in [0, 0.1) is 5.41 Å². The first kappa shape index (κ1) is 8.36. The van der Waals surface area contributed by atoms with Crippen LogP contribution in [0.4, 0.5) is 0 Å². The lowest BCUT2D eigenvalue weighted by molar-refractivity contribution is -0.163. The van der Waals surface area contributed by atoms with E-state index in [0.29, 0.717) is 11.9 Å². The largest absolute Gasteiger partial charge is 0.338 e. The standard InChI is InChI=1S/C9H14ClNO/c1-9(5-10)6-11(8(9)12)7-3-2-4-7/h7H,2-6H2,1H3. The highest BCUT2D eigenvalue weighted by molar-refractivity contribution is 6.20. The third-order valence-corrected chi connectivity index (χ3v) is 3.70. The molecule has 0 aromatic rings. The summed E-state index contributed by atoms with van der Waals surface area (Å²) < 4.78 is 0. The number of alkyl halides is 1. The lowest BCUT2D eigenvalue weighted by Crippen LogP contribution is -2.65. The van der Waals surface area contributed by atoms with Crippen LogP contribution >= 0.6 is 11.6 Å². The zero-order chi connectivity index (χ0) is 8.77. The van der Waals surface area contributed by atoms with E-state index in [9.17, 15) is 4.79 Å². The number of hydrogen-bond acceptors (Lipinski definition) is 1. The van der Waals surface area contributed by atoms with Crippen molar-refractivity contribution in [2.45, 2.75) is 32.2 Å². The average Bonchev–Trinajstić information content (AvgIpc) is 1.99. The Bertz CT molecular complexity index is 215. The van der Waals surface area contributed by atoms with Gasteiger partial charge >= 0.3 is 0 Å². The van der Waals surface area contributed by atoms with E-state index in [1.807, 2.05) is 11.8 Å². The summed E-state index contributed by atoms with van der Waals surface area (Å²) in [7, 11) is 0. The molecule has 0 N–H and O–H groups in total. The van der Waals surface area contributed by atoms with E-state index in [0.717, 1.165) is 6.54 Å². The van der Waals surface area contributed by atoms with E-state index in [1.165, 1.54) is 19.3 Å². The molecule has 2 rings (SSSR count). The van der Waals surface area contributed by atoms with Crippen molar-refractivity contribution >= 4 is 17.5 Å². The number of hydrogen-bond donors (Lipinski definition) is 0. The Hall–Kier alpha value is -0.240. The lowest BCUT2D eigenvalue weighted by atomic mass is 9.78. The molecule has 0 aromatic heterocycles. The number of carbonyl (C=O) groups excluding carboxylic acids is 1. The van der Waals surface area contributed by atoms with Gasteiger partial charge in [0.25, 0.3) is 0 Å². The summed E-state index contributed by atoms with van der Waals surface area (Å²) in [4.78, 5) is 13.6. The van der Waals surface area contributed by atoms with Gasteiger partial charge in [0.05, 0.1) is 5.41 Å². The minimum Gasteiger partial charge on any atom is -0.338 e. The molecule has 1 saturated carbocycles. The van der Waals surface area contributed by atoms with Crippen LogP contribution in [-0.2, 0) is 4.79 Å². The van der Waals surface area contributed by atoms with Crippen molar-refractivity contribution in [3.05, 3.63) is 0 Å². The van der Waals surface area contributed by atoms with Crippen LogP contribution in [0.3, 0.4) is 0 Å². The van der Waals surface area contributed by atoms with Crippen LogP contribution < -0.4 is 0 Å². The number of halogens is 1. The van der Waals surface area contributed by atoms with Crippen LogP contribution in [0.2, 0.25) is 0 Å². The fraction of sp³-hybridized carbons (Fsp3) is 0.889. The van der Waals surface area contributed by atoms with Crippen LogP contribution in [0.25, 0.3) is 0 Å². The lowest BCUT2D eigenvalue weighted by Gasteiger charge is -2.52. The Balaban J connectivity index is 1.95. The third-order valence-electron chi connectivity index (χ3n) is 3.11. The summed E-state index contributed by atoms with van der Waals surface area (Å²) in [6.07, 6.45) is 3.68. The summed E-state index contributed by atoms with van der Waals surface area (Å²) in [6, 6.07) is 0.550. The number of β-lactam (4-membered cyclic amide) rings is 1. The molecule has 1 unspecified atom stereocenters. The fourth-order valence-electron chi connectivity index (χ4n) is 1.86. The highest BCUT2D eigenvalue weighted by atomic mass is 35.5. The summed E-state index contributed by atoms with van der Waals surface area (Å²) in [5, 5.41) is 0. The molecule has 1 aliphatic heterocycles. The highest BCUT2D eigenvalue weighted by Gasteiger charge is 2.50. The van der Waals surface area contributed by atoms with Gasteiger partial charge in [-0.05, 0) is 26.2 Å². The molecule has 1 heterocycles. The van der Waals surface area contributed by atoms with Crippen molar-refractivity contribution in [3.63, 3.8) is 0 Å². The topological polar surface area (TPSA) is 20.3 Å². The molecule has 1 atom stereocenters. The van der Waals surface area contributed by atoms with Crippen molar-refractivity contribution in [2.75, 3.05) is 12.4 Å². The molecule has 0 radical (unpaired) electrons. The Morgan fingerprint density at radius 2 is 2.33 bits per heavy atom. The second-order valence-electron chi connectivity index (χ2n) is 4.21. The second kappa shape index (κ2) is 2.63. The second-order valence-corrected chi connectivity index (χ2v) is 4.48. The molecule has 2 aliphatic rings. The Kier molecular flexibility index (Phi) is 1.83. The van der Waals surface area contributed by atoms with Gasteiger partial charge < -0.3 is 4.90 Å². The van der Waals surface area contributed by atoms with E-state index in [2.05, 4.69) is 0 Å². The van der Waals surface area contributed by atoms with E-state index < -0.39 is 0 Å². The normalized spacial score (nSPS) is 36.2. The van der Waals surface area contributed by atoms with Gasteiger partial charge in [-0.3, -0.25) is 4.79 Å². The van der Waals surface area contributed by atoms with Gasteiger partial charge in [-0.2, -0.15) is 0 Å². The van der Waals surface area contributed by atoms with Crippen molar-refractivity contribution in [1.82, 2.24) is 4.90 Å². The molecule has 2 fully saturated rings. The maximum Gasteiger partial charge on any atom is 0.231 e. The van der Waals surface area contributed by atoms with Gasteiger partial charge in [-0.15, -0.1) is 11.6 Å². The van der Waals surface area contributed by atoms with Gasteiger partial charge in [-0.25, -0.2) is 0 Å². The molecule has 2 nitrogen and oxygen atoms in total. The van der Waals surface area contributed by atoms with E-state index in [1.54, 1.807) is 0 Å². The molecule has 0 spiro atoms. The van der Waals surface area contributed by atoms with Crippen molar-refractivity contribution < 1.29 is 4.79 Å². The first-order valence-electron chi connectivity index (χ1n) is 4.54. The van der Waals surface area contributed by atoms with Crippen molar-refractivity contribution in [3.8, 4) is 0 Å². The predicted octanol–water partition coefficient (Wildman–Crippen LogP) is 1.63. The van der Waals surface area contributed by atoms with Crippen LogP contribution in [0.1, 0.15) is 26.2 Å². The van der Waals surface area contributed by atoms with Gasteiger partial charge in [0.2, 0.25) is 5.91 Å². The quantitative estimate of drug-likeness (QED) is 0.475. The summed E-state index contributed by atoms with van der Waals surface area (Å²) in [5.41, 5.74) is -0.239. The zero-order valence-corrected chi connectivity index (χ0v) is 8.10.